The molecule has 0 spiro atoms. The molecule has 0 aliphatic carbocycles. The summed E-state index contributed by atoms with van der Waals surface area (Å²) in [6, 6.07) is 12.7. The summed E-state index contributed by atoms with van der Waals surface area (Å²) in [5.74, 6) is 0.812. The summed E-state index contributed by atoms with van der Waals surface area (Å²) < 4.78 is 1.59. The van der Waals surface area contributed by atoms with Gasteiger partial charge in [0.25, 0.3) is 5.91 Å². The highest BCUT2D eigenvalue weighted by molar-refractivity contribution is 5.98. The molecule has 4 rings (SSSR count). The van der Waals surface area contributed by atoms with Crippen LogP contribution in [0.15, 0.2) is 48.9 Å². The Bertz CT molecular complexity index is 1300. The summed E-state index contributed by atoms with van der Waals surface area (Å²) in [6.07, 6.45) is 3.08. The van der Waals surface area contributed by atoms with Crippen LogP contribution in [0.1, 0.15) is 33.0 Å². The van der Waals surface area contributed by atoms with Crippen molar-refractivity contribution >= 4 is 22.6 Å². The monoisotopic (exact) mass is 412 g/mol. The maximum Gasteiger partial charge on any atom is 0.254 e. The van der Waals surface area contributed by atoms with Crippen molar-refractivity contribution < 1.29 is 4.79 Å². The van der Waals surface area contributed by atoms with Gasteiger partial charge in [-0.05, 0) is 48.9 Å². The van der Waals surface area contributed by atoms with Gasteiger partial charge in [-0.25, -0.2) is 9.97 Å². The van der Waals surface area contributed by atoms with E-state index in [1.807, 2.05) is 25.1 Å². The lowest BCUT2D eigenvalue weighted by atomic mass is 10.1. The molecule has 3 aromatic heterocycles. The summed E-state index contributed by atoms with van der Waals surface area (Å²) in [5, 5.41) is 14.1. The molecule has 2 N–H and O–H groups in total. The van der Waals surface area contributed by atoms with Crippen molar-refractivity contribution in [2.24, 2.45) is 7.05 Å². The molecule has 0 bridgehead atoms. The number of nitrogen functional groups attached to an aromatic ring is 1. The highest BCUT2D eigenvalue weighted by Crippen LogP contribution is 2.21. The first kappa shape index (κ1) is 20.0. The molecular weight excluding hydrogens is 392 g/mol. The highest BCUT2D eigenvalue weighted by atomic mass is 16.2. The quantitative estimate of drug-likeness (QED) is 0.533. The van der Waals surface area contributed by atoms with E-state index in [2.05, 4.69) is 20.1 Å². The first-order valence-electron chi connectivity index (χ1n) is 9.58. The van der Waals surface area contributed by atoms with Gasteiger partial charge in [0.15, 0.2) is 5.82 Å². The van der Waals surface area contributed by atoms with E-state index in [1.165, 1.54) is 6.20 Å². The molecule has 1 aromatic carbocycles. The van der Waals surface area contributed by atoms with Crippen LogP contribution < -0.4 is 5.73 Å². The molecule has 3 heterocycles. The SMILES string of the molecule is Cc1cc2cc(C(=O)N(Cc3ccc(C#N)cn3)Cc3ncn(C)n3)ccc2nc1N. The molecule has 1 amide bonds. The van der Waals surface area contributed by atoms with Crippen LogP contribution in [0.4, 0.5) is 5.82 Å². The maximum absolute atomic E-state index is 13.4. The van der Waals surface area contributed by atoms with Crippen LogP contribution in [0.2, 0.25) is 0 Å². The number of aryl methyl sites for hydroxylation is 2. The Balaban J connectivity index is 1.67. The molecule has 0 atom stereocenters. The minimum Gasteiger partial charge on any atom is -0.383 e. The summed E-state index contributed by atoms with van der Waals surface area (Å²) in [5.41, 5.74) is 9.12. The number of nitrogens with two attached hydrogens (primary N) is 1. The number of pyridine rings is 2. The zero-order valence-electron chi connectivity index (χ0n) is 17.1. The van der Waals surface area contributed by atoms with Crippen LogP contribution in [-0.4, -0.2) is 35.5 Å². The van der Waals surface area contributed by atoms with Crippen LogP contribution in [-0.2, 0) is 20.1 Å². The fourth-order valence-electron chi connectivity index (χ4n) is 3.22. The Labute approximate surface area is 178 Å². The Kier molecular flexibility index (Phi) is 5.28. The van der Waals surface area contributed by atoms with Gasteiger partial charge in [0.05, 0.1) is 29.9 Å². The van der Waals surface area contributed by atoms with Crippen molar-refractivity contribution in [1.29, 1.82) is 5.26 Å². The molecule has 0 saturated carbocycles. The topological polar surface area (TPSA) is 127 Å². The minimum absolute atomic E-state index is 0.185. The van der Waals surface area contributed by atoms with E-state index in [-0.39, 0.29) is 19.0 Å². The Morgan fingerprint density at radius 3 is 2.71 bits per heavy atom. The summed E-state index contributed by atoms with van der Waals surface area (Å²) >= 11 is 0. The van der Waals surface area contributed by atoms with Gasteiger partial charge in [-0.1, -0.05) is 0 Å². The number of carbonyl (C=O) groups is 1. The maximum atomic E-state index is 13.4. The molecule has 0 unspecified atom stereocenters. The number of fused-ring (bicyclic) bond motifs is 1. The molecule has 9 heteroatoms. The van der Waals surface area contributed by atoms with Crippen LogP contribution in [0.5, 0.6) is 0 Å². The lowest BCUT2D eigenvalue weighted by Crippen LogP contribution is -2.31. The fourth-order valence-corrected chi connectivity index (χ4v) is 3.22. The van der Waals surface area contributed by atoms with E-state index in [1.54, 1.807) is 47.2 Å². The number of anilines is 1. The van der Waals surface area contributed by atoms with Gasteiger partial charge in [0.1, 0.15) is 18.2 Å². The van der Waals surface area contributed by atoms with Crippen LogP contribution in [0.25, 0.3) is 10.9 Å². The second-order valence-corrected chi connectivity index (χ2v) is 7.24. The highest BCUT2D eigenvalue weighted by Gasteiger charge is 2.20. The zero-order valence-corrected chi connectivity index (χ0v) is 17.1. The van der Waals surface area contributed by atoms with Crippen LogP contribution in [0.3, 0.4) is 0 Å². The van der Waals surface area contributed by atoms with Crippen molar-refractivity contribution in [2.75, 3.05) is 5.73 Å². The number of aromatic nitrogens is 5. The number of amides is 1. The molecule has 154 valence electrons. The molecule has 0 radical (unpaired) electrons. The molecule has 0 aliphatic heterocycles. The number of hydrogen-bond donors (Lipinski definition) is 1. The number of hydrogen-bond acceptors (Lipinski definition) is 7. The second-order valence-electron chi connectivity index (χ2n) is 7.24. The smallest absolute Gasteiger partial charge is 0.254 e. The Morgan fingerprint density at radius 2 is 2.03 bits per heavy atom. The largest absolute Gasteiger partial charge is 0.383 e. The Hall–Kier alpha value is -4.32. The predicted molar refractivity (Wildman–Crippen MR) is 114 cm³/mol. The number of nitrogens with zero attached hydrogens (tertiary/aromatic N) is 7. The van der Waals surface area contributed by atoms with Gasteiger partial charge in [0, 0.05) is 24.2 Å². The van der Waals surface area contributed by atoms with Gasteiger partial charge < -0.3 is 10.6 Å². The van der Waals surface area contributed by atoms with Gasteiger partial charge in [0.2, 0.25) is 0 Å². The standard InChI is InChI=1S/C22H20N8O/c1-14-7-17-8-16(4-6-19(17)27-21(14)24)22(31)30(12-20-26-13-29(2)28-20)11-18-5-3-15(9-23)10-25-18/h3-8,10,13H,11-12H2,1-2H3,(H2,24,27). The van der Waals surface area contributed by atoms with Gasteiger partial charge >= 0.3 is 0 Å². The predicted octanol–water partition coefficient (Wildman–Crippen LogP) is 2.36. The lowest BCUT2D eigenvalue weighted by molar-refractivity contribution is 0.0723. The van der Waals surface area contributed by atoms with Crippen LogP contribution >= 0.6 is 0 Å². The minimum atomic E-state index is -0.185. The van der Waals surface area contributed by atoms with E-state index in [0.29, 0.717) is 28.5 Å². The van der Waals surface area contributed by atoms with Crippen molar-refractivity contribution in [2.45, 2.75) is 20.0 Å². The molecular formula is C22H20N8O. The van der Waals surface area contributed by atoms with Crippen LogP contribution in [0, 0.1) is 18.3 Å². The fraction of sp³-hybridized carbons (Fsp3) is 0.182. The normalized spacial score (nSPS) is 10.7. The summed E-state index contributed by atoms with van der Waals surface area (Å²) in [4.78, 5) is 28.0. The van der Waals surface area contributed by atoms with Crippen molar-refractivity contribution in [3.05, 3.63) is 77.1 Å². The van der Waals surface area contributed by atoms with Gasteiger partial charge in [-0.3, -0.25) is 14.5 Å². The van der Waals surface area contributed by atoms with E-state index < -0.39 is 0 Å². The number of rotatable bonds is 5. The zero-order chi connectivity index (χ0) is 22.0. The third kappa shape index (κ3) is 4.33. The van der Waals surface area contributed by atoms with Crippen molar-refractivity contribution in [3.8, 4) is 6.07 Å². The van der Waals surface area contributed by atoms with E-state index >= 15 is 0 Å². The van der Waals surface area contributed by atoms with Gasteiger partial charge in [-0.2, -0.15) is 10.4 Å². The van der Waals surface area contributed by atoms with Crippen molar-refractivity contribution in [3.63, 3.8) is 0 Å². The lowest BCUT2D eigenvalue weighted by Gasteiger charge is -2.21. The average molecular weight is 412 g/mol. The molecule has 31 heavy (non-hydrogen) atoms. The summed E-state index contributed by atoms with van der Waals surface area (Å²) in [7, 11) is 1.77. The Morgan fingerprint density at radius 1 is 1.19 bits per heavy atom. The average Bonchev–Trinajstić information content (AvgIpc) is 3.18. The number of carbonyl (C=O) groups excluding carboxylic acids is 1. The van der Waals surface area contributed by atoms with E-state index in [4.69, 9.17) is 11.0 Å². The number of nitriles is 1. The van der Waals surface area contributed by atoms with Crippen molar-refractivity contribution in [1.82, 2.24) is 29.6 Å². The first-order chi connectivity index (χ1) is 14.9. The van der Waals surface area contributed by atoms with E-state index in [0.717, 1.165) is 16.5 Å². The van der Waals surface area contributed by atoms with E-state index in [9.17, 15) is 4.79 Å². The second kappa shape index (κ2) is 8.20. The molecule has 9 nitrogen and oxygen atoms in total. The summed E-state index contributed by atoms with van der Waals surface area (Å²) in [6.45, 7) is 2.35. The first-order valence-corrected chi connectivity index (χ1v) is 9.58. The molecule has 0 fully saturated rings. The van der Waals surface area contributed by atoms with Gasteiger partial charge in [-0.15, -0.1) is 0 Å². The number of benzene rings is 1. The molecule has 4 aromatic rings. The molecule has 0 aliphatic rings. The third-order valence-electron chi connectivity index (χ3n) is 4.86. The molecule has 0 saturated heterocycles. The third-order valence-corrected chi connectivity index (χ3v) is 4.86.